The average Bonchev–Trinajstić information content (AvgIpc) is 3.04. The third-order valence-electron chi connectivity index (χ3n) is 9.36. The van der Waals surface area contributed by atoms with Crippen LogP contribution >= 0.6 is 11.8 Å². The van der Waals surface area contributed by atoms with Gasteiger partial charge >= 0.3 is 5.97 Å². The van der Waals surface area contributed by atoms with Crippen molar-refractivity contribution in [2.45, 2.75) is 77.7 Å². The molecule has 0 aliphatic heterocycles. The van der Waals surface area contributed by atoms with Crippen LogP contribution in [0.15, 0.2) is 11.6 Å². The molecule has 0 radical (unpaired) electrons. The van der Waals surface area contributed by atoms with E-state index in [0.717, 1.165) is 38.5 Å². The van der Waals surface area contributed by atoms with Crippen molar-refractivity contribution < 1.29 is 23.9 Å². The first-order chi connectivity index (χ1) is 14.7. The lowest BCUT2D eigenvalue weighted by Crippen LogP contribution is -2.59. The lowest BCUT2D eigenvalue weighted by atomic mass is 9.46. The minimum atomic E-state index is -0.874. The standard InChI is InChI=1S/C25H36O5S/c1-16(26)29-14-22(28)25(30-15-31-4)12-9-21-19-6-5-17-13-18(27)7-10-23(17,2)20(19)8-11-24(21,25)3/h13,19-21H,5-12,14-15H2,1-4H3/t19-,20+,21+,23+,24+,25+/m1/s1. The number of hydrogen-bond donors (Lipinski definition) is 0. The van der Waals surface area contributed by atoms with Crippen molar-refractivity contribution in [3.05, 3.63) is 11.6 Å². The van der Waals surface area contributed by atoms with E-state index in [1.807, 2.05) is 12.3 Å². The largest absolute Gasteiger partial charge is 0.458 e. The van der Waals surface area contributed by atoms with Gasteiger partial charge in [0.15, 0.2) is 12.4 Å². The molecule has 0 unspecified atom stereocenters. The van der Waals surface area contributed by atoms with Crippen LogP contribution in [0.3, 0.4) is 0 Å². The van der Waals surface area contributed by atoms with Gasteiger partial charge in [0.2, 0.25) is 5.78 Å². The highest BCUT2D eigenvalue weighted by Crippen LogP contribution is 2.68. The topological polar surface area (TPSA) is 69.7 Å². The van der Waals surface area contributed by atoms with Crippen LogP contribution in [-0.2, 0) is 23.9 Å². The van der Waals surface area contributed by atoms with Crippen LogP contribution in [0.2, 0.25) is 0 Å². The molecule has 5 nitrogen and oxygen atoms in total. The van der Waals surface area contributed by atoms with Crippen LogP contribution in [-0.4, -0.2) is 41.9 Å². The Kier molecular flexibility index (Phi) is 6.19. The Morgan fingerprint density at radius 3 is 2.55 bits per heavy atom. The van der Waals surface area contributed by atoms with Gasteiger partial charge in [0.25, 0.3) is 0 Å². The highest BCUT2D eigenvalue weighted by molar-refractivity contribution is 7.98. The predicted octanol–water partition coefficient (Wildman–Crippen LogP) is 4.73. The summed E-state index contributed by atoms with van der Waals surface area (Å²) in [5.41, 5.74) is 0.359. The van der Waals surface area contributed by atoms with Crippen LogP contribution in [0, 0.1) is 28.6 Å². The third-order valence-corrected chi connectivity index (χ3v) is 9.72. The number of fused-ring (bicyclic) bond motifs is 5. The van der Waals surface area contributed by atoms with Crippen molar-refractivity contribution in [3.8, 4) is 0 Å². The number of esters is 1. The van der Waals surface area contributed by atoms with Crippen molar-refractivity contribution in [3.63, 3.8) is 0 Å². The Morgan fingerprint density at radius 1 is 1.10 bits per heavy atom. The highest BCUT2D eigenvalue weighted by atomic mass is 32.2. The zero-order valence-electron chi connectivity index (χ0n) is 19.3. The molecule has 0 aromatic heterocycles. The smallest absolute Gasteiger partial charge is 0.303 e. The second-order valence-corrected chi connectivity index (χ2v) is 11.4. The fourth-order valence-electron chi connectivity index (χ4n) is 7.78. The van der Waals surface area contributed by atoms with Crippen LogP contribution in [0.25, 0.3) is 0 Å². The summed E-state index contributed by atoms with van der Waals surface area (Å²) in [5.74, 6) is 1.79. The molecule has 0 saturated heterocycles. The summed E-state index contributed by atoms with van der Waals surface area (Å²) in [5, 5.41) is 0. The number of rotatable bonds is 6. The molecule has 31 heavy (non-hydrogen) atoms. The van der Waals surface area contributed by atoms with E-state index in [0.29, 0.717) is 36.5 Å². The number of carbonyl (C=O) groups is 3. The molecule has 3 saturated carbocycles. The van der Waals surface area contributed by atoms with Gasteiger partial charge in [-0.2, -0.15) is 0 Å². The zero-order chi connectivity index (χ0) is 22.4. The van der Waals surface area contributed by atoms with E-state index in [2.05, 4.69) is 13.8 Å². The molecular weight excluding hydrogens is 412 g/mol. The van der Waals surface area contributed by atoms with E-state index in [4.69, 9.17) is 9.47 Å². The summed E-state index contributed by atoms with van der Waals surface area (Å²) in [6.45, 7) is 5.77. The van der Waals surface area contributed by atoms with Crippen LogP contribution in [0.1, 0.15) is 72.1 Å². The molecule has 6 heteroatoms. The summed E-state index contributed by atoms with van der Waals surface area (Å²) in [6, 6.07) is 0. The van der Waals surface area contributed by atoms with Gasteiger partial charge in [0.05, 0.1) is 5.94 Å². The monoisotopic (exact) mass is 448 g/mol. The molecule has 0 amide bonds. The molecule has 4 rings (SSSR count). The molecular formula is C25H36O5S. The lowest BCUT2D eigenvalue weighted by Gasteiger charge is -2.59. The Bertz CT molecular complexity index is 806. The molecule has 0 bridgehead atoms. The zero-order valence-corrected chi connectivity index (χ0v) is 20.1. The van der Waals surface area contributed by atoms with Crippen molar-refractivity contribution in [2.24, 2.45) is 28.6 Å². The number of thioether (sulfide) groups is 1. The average molecular weight is 449 g/mol. The summed E-state index contributed by atoms with van der Waals surface area (Å²) in [7, 11) is 0. The molecule has 172 valence electrons. The highest BCUT2D eigenvalue weighted by Gasteiger charge is 2.67. The molecule has 0 spiro atoms. The van der Waals surface area contributed by atoms with E-state index in [9.17, 15) is 14.4 Å². The lowest BCUT2D eigenvalue weighted by molar-refractivity contribution is -0.177. The maximum absolute atomic E-state index is 13.5. The summed E-state index contributed by atoms with van der Waals surface area (Å²) >= 11 is 1.58. The second kappa shape index (κ2) is 8.33. The first-order valence-corrected chi connectivity index (χ1v) is 13.1. The molecule has 0 N–H and O–H groups in total. The van der Waals surface area contributed by atoms with Gasteiger partial charge in [-0.15, -0.1) is 11.8 Å². The van der Waals surface area contributed by atoms with Gasteiger partial charge in [-0.1, -0.05) is 19.4 Å². The molecule has 3 fully saturated rings. The van der Waals surface area contributed by atoms with E-state index in [1.54, 1.807) is 11.8 Å². The van der Waals surface area contributed by atoms with Gasteiger partial charge in [-0.3, -0.25) is 14.4 Å². The number of hydrogen-bond acceptors (Lipinski definition) is 6. The SMILES string of the molecule is CSCO[C@]1(C(=O)COC(C)=O)CC[C@H]2[C@@H]3CCC4=CC(=O)CC[C@]4(C)[C@H]3CC[C@@]21C. The number of Topliss-reactive ketones (excluding diaryl/α,β-unsaturated/α-hetero) is 1. The van der Waals surface area contributed by atoms with Crippen molar-refractivity contribution >= 4 is 29.3 Å². The van der Waals surface area contributed by atoms with Crippen molar-refractivity contribution in [2.75, 3.05) is 18.8 Å². The quantitative estimate of drug-likeness (QED) is 0.432. The van der Waals surface area contributed by atoms with Gasteiger partial charge in [-0.25, -0.2) is 0 Å². The van der Waals surface area contributed by atoms with Gasteiger partial charge in [0.1, 0.15) is 5.60 Å². The second-order valence-electron chi connectivity index (χ2n) is 10.5. The fourth-order valence-corrected chi connectivity index (χ4v) is 8.10. The Labute approximate surface area is 190 Å². The van der Waals surface area contributed by atoms with Crippen LogP contribution < -0.4 is 0 Å². The fraction of sp³-hybridized carbons (Fsp3) is 0.800. The van der Waals surface area contributed by atoms with Crippen LogP contribution in [0.4, 0.5) is 0 Å². The minimum absolute atomic E-state index is 0.0777. The van der Waals surface area contributed by atoms with Gasteiger partial charge in [0, 0.05) is 18.8 Å². The maximum atomic E-state index is 13.5. The normalized spacial score (nSPS) is 41.6. The van der Waals surface area contributed by atoms with Crippen molar-refractivity contribution in [1.82, 2.24) is 0 Å². The molecule has 4 aliphatic rings. The van der Waals surface area contributed by atoms with Gasteiger partial charge < -0.3 is 9.47 Å². The Morgan fingerprint density at radius 2 is 1.84 bits per heavy atom. The molecule has 0 aromatic carbocycles. The third kappa shape index (κ3) is 3.52. The molecule has 6 atom stereocenters. The van der Waals surface area contributed by atoms with Gasteiger partial charge in [-0.05, 0) is 80.4 Å². The molecule has 4 aliphatic carbocycles. The summed E-state index contributed by atoms with van der Waals surface area (Å²) in [4.78, 5) is 36.9. The Balaban J connectivity index is 1.64. The Hall–Kier alpha value is -1.14. The number of carbonyl (C=O) groups excluding carboxylic acids is 3. The van der Waals surface area contributed by atoms with E-state index in [1.165, 1.54) is 12.5 Å². The first kappa shape index (κ1) is 23.0. The maximum Gasteiger partial charge on any atom is 0.303 e. The van der Waals surface area contributed by atoms with Crippen LogP contribution in [0.5, 0.6) is 0 Å². The number of ketones is 2. The van der Waals surface area contributed by atoms with E-state index < -0.39 is 11.6 Å². The summed E-state index contributed by atoms with van der Waals surface area (Å²) in [6.07, 6.45) is 11.3. The van der Waals surface area contributed by atoms with E-state index >= 15 is 0 Å². The van der Waals surface area contributed by atoms with Crippen molar-refractivity contribution in [1.29, 1.82) is 0 Å². The molecule has 0 aromatic rings. The number of allylic oxidation sites excluding steroid dienone is 1. The first-order valence-electron chi connectivity index (χ1n) is 11.7. The minimum Gasteiger partial charge on any atom is -0.458 e. The van der Waals surface area contributed by atoms with E-state index in [-0.39, 0.29) is 29.0 Å². The summed E-state index contributed by atoms with van der Waals surface area (Å²) < 4.78 is 11.5. The number of ether oxygens (including phenoxy) is 2. The predicted molar refractivity (Wildman–Crippen MR) is 121 cm³/mol. The molecule has 0 heterocycles.